The highest BCUT2D eigenvalue weighted by Crippen LogP contribution is 2.28. The lowest BCUT2D eigenvalue weighted by atomic mass is 10.1. The van der Waals surface area contributed by atoms with Crippen LogP contribution in [0, 0.1) is 0 Å². The molecule has 688 valence electrons. The van der Waals surface area contributed by atoms with E-state index in [1.54, 1.807) is 82.5 Å². The van der Waals surface area contributed by atoms with E-state index in [2.05, 4.69) is 362 Å². The summed E-state index contributed by atoms with van der Waals surface area (Å²) in [6, 6.07) is 50.9. The molecule has 20 rings (SSSR count). The van der Waals surface area contributed by atoms with Gasteiger partial charge in [-0.1, -0.05) is 197 Å². The number of nitrogens with one attached hydrogen (secondary N) is 1. The molecular formula is C106H128N20O2S4. The molecule has 0 aromatic carbocycles. The van der Waals surface area contributed by atoms with Gasteiger partial charge in [-0.25, -0.2) is 49.8 Å². The van der Waals surface area contributed by atoms with E-state index in [9.17, 15) is 0 Å². The summed E-state index contributed by atoms with van der Waals surface area (Å²) < 4.78 is 12.6. The second kappa shape index (κ2) is 53.1. The second-order valence-electron chi connectivity index (χ2n) is 34.8. The van der Waals surface area contributed by atoms with Crippen molar-refractivity contribution in [1.29, 1.82) is 0 Å². The van der Waals surface area contributed by atoms with Crippen LogP contribution < -0.4 is 0 Å². The van der Waals surface area contributed by atoms with Crippen molar-refractivity contribution in [2.75, 3.05) is 0 Å². The first kappa shape index (κ1) is 103. The summed E-state index contributed by atoms with van der Waals surface area (Å²) >= 11 is 6.68. The predicted molar refractivity (Wildman–Crippen MR) is 550 cm³/mol. The van der Waals surface area contributed by atoms with Gasteiger partial charge < -0.3 is 13.8 Å². The van der Waals surface area contributed by atoms with Crippen LogP contribution in [0.5, 0.6) is 0 Å². The number of hydrogen-bond acceptors (Lipinski definition) is 25. The summed E-state index contributed by atoms with van der Waals surface area (Å²) in [7, 11) is 0. The lowest BCUT2D eigenvalue weighted by molar-refractivity contribution is 0.587. The lowest BCUT2D eigenvalue weighted by Crippen LogP contribution is -1.96. The van der Waals surface area contributed by atoms with E-state index in [1.165, 1.54) is 55.9 Å². The summed E-state index contributed by atoms with van der Waals surface area (Å²) in [5.74, 6) is 6.80. The highest BCUT2D eigenvalue weighted by molar-refractivity contribution is 7.17. The lowest BCUT2D eigenvalue weighted by Gasteiger charge is -2.06. The normalized spacial score (nSPS) is 11.2. The second-order valence-corrected chi connectivity index (χ2v) is 38.3. The third kappa shape index (κ3) is 33.1. The molecule has 22 nitrogen and oxygen atoms in total. The van der Waals surface area contributed by atoms with Crippen LogP contribution in [0.4, 0.5) is 0 Å². The van der Waals surface area contributed by atoms with E-state index < -0.39 is 0 Å². The van der Waals surface area contributed by atoms with Gasteiger partial charge in [0.05, 0.1) is 59.6 Å². The summed E-state index contributed by atoms with van der Waals surface area (Å²) in [5.41, 5.74) is 26.6. The molecule has 0 radical (unpaired) electrons. The first-order valence-electron chi connectivity index (χ1n) is 45.2. The van der Waals surface area contributed by atoms with Gasteiger partial charge in [-0.2, -0.15) is 15.2 Å². The van der Waals surface area contributed by atoms with Gasteiger partial charge in [0.2, 0.25) is 5.71 Å². The number of aromatic amines is 1. The molecule has 0 bridgehead atoms. The first-order chi connectivity index (χ1) is 63.4. The minimum atomic E-state index is 0.430. The fraction of sp³-hybridized carbons (Fsp3) is 0.349. The molecule has 0 saturated carbocycles. The molecule has 0 spiro atoms. The zero-order chi connectivity index (χ0) is 95.2. The summed E-state index contributed by atoms with van der Waals surface area (Å²) in [6.07, 6.45) is 22.3. The fourth-order valence-electron chi connectivity index (χ4n) is 12.0. The van der Waals surface area contributed by atoms with E-state index in [0.717, 1.165) is 106 Å². The third-order valence-corrected chi connectivity index (χ3v) is 23.3. The molecule has 1 aliphatic carbocycles. The Bertz CT molecular complexity index is 5590. The van der Waals surface area contributed by atoms with E-state index in [-0.39, 0.29) is 0 Å². The van der Waals surface area contributed by atoms with Gasteiger partial charge in [0, 0.05) is 119 Å². The molecule has 26 heteroatoms. The maximum absolute atomic E-state index is 5.09. The van der Waals surface area contributed by atoms with Crippen molar-refractivity contribution < 1.29 is 8.83 Å². The standard InChI is InChI=1S/C11H13N.C10H12N2.2C10H11NS.2C9H10N2O.2C9H10N2S.C8H11N.3C7H10N2/c1-8(2)10-7-6-9-4-3-5-11(9)12-10;1-7(2)8-3-4-9-10(12-8)5-6-11-9;1-7(2)8-3-4-10-9(11-8)5-6-12-10;1-7(2)9-4-3-8-5-6-12-10(8)11-9;1-6(2)7-3-4-8-9(11-7)10-5-12-8;1-6(2)7-3-4-8-9(11-7)12-5-10-8;1-6(2)7-3-4-8-9(11-7)10-5-12-8;1-6(2)7-3-4-8-9(11-7)12-5-10-8;1-7(2)8-5-3-4-6-9-8;1-6(2)7-5-8-3-4-9-7;1-6(2)7-8-4-3-5-9-7;1-6(2)7-4-3-5-8-9-7/h3-4,6-8H,5H2,1-2H3;3-7,11H,1-2H3;2*3-7H,1-2H3;4*3-6H,1-2H3;3-7H,1-2H3;3*3-6H,1-2H3. The van der Waals surface area contributed by atoms with E-state index in [1.807, 2.05) is 102 Å². The van der Waals surface area contributed by atoms with Crippen molar-refractivity contribution >= 4 is 126 Å². The Labute approximate surface area is 794 Å². The van der Waals surface area contributed by atoms with Gasteiger partial charge in [0.15, 0.2) is 29.7 Å². The van der Waals surface area contributed by atoms with Crippen LogP contribution in [0.25, 0.3) is 80.7 Å². The zero-order valence-corrected chi connectivity index (χ0v) is 84.0. The van der Waals surface area contributed by atoms with Crippen LogP contribution in [0.1, 0.15) is 317 Å². The number of pyridine rings is 9. The Hall–Kier alpha value is -12.5. The molecule has 1 aliphatic rings. The number of H-pyrrole nitrogens is 1. The molecule has 132 heavy (non-hydrogen) atoms. The van der Waals surface area contributed by atoms with Crippen LogP contribution in [0.3, 0.4) is 0 Å². The number of hydrogen-bond donors (Lipinski definition) is 1. The molecule has 0 unspecified atom stereocenters. The third-order valence-electron chi connectivity index (χ3n) is 20.1. The van der Waals surface area contributed by atoms with Crippen molar-refractivity contribution in [3.8, 4) is 0 Å². The van der Waals surface area contributed by atoms with E-state index >= 15 is 0 Å². The number of oxazole rings is 2. The number of thiophene rings is 2. The summed E-state index contributed by atoms with van der Waals surface area (Å²) in [5, 5.41) is 13.1. The highest BCUT2D eigenvalue weighted by Gasteiger charge is 2.13. The SMILES string of the molecule is CC(C)c1ccc2[nH]ccc2n1.CC(C)c1ccc2c(n1)CC=C2.CC(C)c1ccc2ccsc2n1.CC(C)c1ccc2ncoc2n1.CC(C)c1ccc2ncsc2n1.CC(C)c1ccc2ocnc2n1.CC(C)c1ccc2sccc2n1.CC(C)c1ccc2scnc2n1.CC(C)c1ccccn1.CC(C)c1cccnn1.CC(C)c1cnccn1.CC(C)c1ncccn1. The van der Waals surface area contributed by atoms with Crippen LogP contribution in [-0.4, -0.2) is 99.9 Å². The molecule has 19 aromatic rings. The highest BCUT2D eigenvalue weighted by atomic mass is 32.1. The molecular weight excluding hydrogens is 1710 g/mol. The Morgan fingerprint density at radius 3 is 1.45 bits per heavy atom. The minimum absolute atomic E-state index is 0.430. The Morgan fingerprint density at radius 2 is 0.856 bits per heavy atom. The van der Waals surface area contributed by atoms with Crippen molar-refractivity contribution in [2.45, 2.75) is 244 Å². The van der Waals surface area contributed by atoms with Crippen molar-refractivity contribution in [2.24, 2.45) is 0 Å². The van der Waals surface area contributed by atoms with Crippen molar-refractivity contribution in [3.05, 3.63) is 322 Å². The zero-order valence-electron chi connectivity index (χ0n) is 80.8. The van der Waals surface area contributed by atoms with E-state index in [4.69, 9.17) is 8.83 Å². The smallest absolute Gasteiger partial charge is 0.246 e. The number of thiazole rings is 2. The predicted octanol–water partition coefficient (Wildman–Crippen LogP) is 29.6. The van der Waals surface area contributed by atoms with Crippen LogP contribution >= 0.6 is 45.3 Å². The van der Waals surface area contributed by atoms with Gasteiger partial charge in [-0.3, -0.25) is 29.9 Å². The monoisotopic (exact) mass is 1840 g/mol. The molecule has 0 fully saturated rings. The maximum atomic E-state index is 5.09. The number of nitrogens with zero attached hydrogens (tertiary/aromatic N) is 19. The van der Waals surface area contributed by atoms with Crippen LogP contribution in [0.2, 0.25) is 0 Å². The molecule has 1 N–H and O–H groups in total. The molecule has 0 amide bonds. The van der Waals surface area contributed by atoms with Gasteiger partial charge >= 0.3 is 0 Å². The Kier molecular flexibility index (Phi) is 41.5. The summed E-state index contributed by atoms with van der Waals surface area (Å²) in [6.45, 7) is 51.2. The average molecular weight is 1840 g/mol. The maximum Gasteiger partial charge on any atom is 0.246 e. The molecule has 0 saturated heterocycles. The topological polar surface area (TPSA) is 287 Å². The number of aromatic nitrogens is 20. The number of allylic oxidation sites excluding steroid dienone is 1. The van der Waals surface area contributed by atoms with Crippen LogP contribution in [-0.2, 0) is 6.42 Å². The Morgan fingerprint density at radius 1 is 0.318 bits per heavy atom. The van der Waals surface area contributed by atoms with Gasteiger partial charge in [-0.15, -0.1) is 45.3 Å². The first-order valence-corrected chi connectivity index (χ1v) is 48.7. The Balaban J connectivity index is 0.000000162. The molecule has 19 aromatic heterocycles. The number of rotatable bonds is 12. The molecule has 0 aliphatic heterocycles. The van der Waals surface area contributed by atoms with E-state index in [0.29, 0.717) is 82.4 Å². The van der Waals surface area contributed by atoms with Crippen molar-refractivity contribution in [1.82, 2.24) is 99.9 Å². The molecule has 0 atom stereocenters. The van der Waals surface area contributed by atoms with Crippen molar-refractivity contribution in [3.63, 3.8) is 0 Å². The van der Waals surface area contributed by atoms with Gasteiger partial charge in [0.25, 0.3) is 0 Å². The molecule has 19 heterocycles. The van der Waals surface area contributed by atoms with Crippen LogP contribution in [0.15, 0.2) is 251 Å². The fourth-order valence-corrected chi connectivity index (χ4v) is 14.8. The minimum Gasteiger partial charge on any atom is -0.442 e. The number of fused-ring (bicyclic) bond motifs is 8. The largest absolute Gasteiger partial charge is 0.442 e. The quantitative estimate of drug-likeness (QED) is 0.119. The summed E-state index contributed by atoms with van der Waals surface area (Å²) in [4.78, 5) is 77.8. The average Bonchev–Trinajstić information content (AvgIpc) is 1.74. The van der Waals surface area contributed by atoms with Gasteiger partial charge in [0.1, 0.15) is 21.0 Å². The van der Waals surface area contributed by atoms with Gasteiger partial charge in [-0.05, 0) is 215 Å².